The van der Waals surface area contributed by atoms with E-state index >= 15 is 0 Å². The molecule has 8 heteroatoms. The number of benzene rings is 2. The van der Waals surface area contributed by atoms with Gasteiger partial charge in [0.05, 0.1) is 7.11 Å². The Morgan fingerprint density at radius 1 is 1.09 bits per heavy atom. The molecule has 1 atom stereocenters. The van der Waals surface area contributed by atoms with E-state index in [9.17, 15) is 14.4 Å². The fraction of sp³-hybridized carbons (Fsp3) is 0.375. The lowest BCUT2D eigenvalue weighted by Crippen LogP contribution is -2.50. The van der Waals surface area contributed by atoms with Crippen molar-refractivity contribution in [2.24, 2.45) is 0 Å². The summed E-state index contributed by atoms with van der Waals surface area (Å²) in [6.45, 7) is 6.78. The van der Waals surface area contributed by atoms with Gasteiger partial charge < -0.3 is 19.7 Å². The number of amides is 2. The number of methoxy groups -OCH3 is 1. The molecule has 0 radical (unpaired) electrons. The van der Waals surface area contributed by atoms with E-state index in [0.29, 0.717) is 11.4 Å². The molecule has 0 aliphatic rings. The van der Waals surface area contributed by atoms with Crippen LogP contribution in [0.5, 0.6) is 5.75 Å². The molecule has 2 aromatic carbocycles. The van der Waals surface area contributed by atoms with Crippen LogP contribution in [0.15, 0.2) is 53.4 Å². The van der Waals surface area contributed by atoms with E-state index in [1.165, 1.54) is 11.8 Å². The van der Waals surface area contributed by atoms with E-state index in [1.54, 1.807) is 59.2 Å². The largest absolute Gasteiger partial charge is 0.497 e. The fourth-order valence-corrected chi connectivity index (χ4v) is 3.64. The summed E-state index contributed by atoms with van der Waals surface area (Å²) in [6.07, 6.45) is -0.432. The van der Waals surface area contributed by atoms with Gasteiger partial charge in [-0.05, 0) is 62.7 Å². The number of carbonyl (C=O) groups excluding carboxylic acids is 3. The van der Waals surface area contributed by atoms with Gasteiger partial charge in [0, 0.05) is 31.0 Å². The second-order valence-corrected chi connectivity index (χ2v) is 9.49. The zero-order valence-corrected chi connectivity index (χ0v) is 20.1. The normalized spacial score (nSPS) is 11.9. The maximum atomic E-state index is 13.3. The van der Waals surface area contributed by atoms with E-state index in [1.807, 2.05) is 24.3 Å². The Kier molecular flexibility index (Phi) is 8.72. The van der Waals surface area contributed by atoms with Crippen molar-refractivity contribution in [1.82, 2.24) is 5.32 Å². The molecule has 2 amide bonds. The average Bonchev–Trinajstić information content (AvgIpc) is 2.70. The first-order valence-corrected chi connectivity index (χ1v) is 11.0. The molecule has 0 saturated carbocycles. The number of rotatable bonds is 7. The third-order valence-electron chi connectivity index (χ3n) is 4.38. The highest BCUT2D eigenvalue weighted by Gasteiger charge is 2.27. The first-order valence-electron chi connectivity index (χ1n) is 10.2. The minimum Gasteiger partial charge on any atom is -0.497 e. The first-order chi connectivity index (χ1) is 15.0. The Morgan fingerprint density at radius 3 is 2.31 bits per heavy atom. The summed E-state index contributed by atoms with van der Waals surface area (Å²) in [5, 5.41) is 2.68. The highest BCUT2D eigenvalue weighted by molar-refractivity contribution is 8.13. The van der Waals surface area contributed by atoms with Gasteiger partial charge in [-0.15, -0.1) is 0 Å². The zero-order valence-electron chi connectivity index (χ0n) is 19.3. The Labute approximate surface area is 193 Å². The molecule has 32 heavy (non-hydrogen) atoms. The minimum atomic E-state index is -0.866. The van der Waals surface area contributed by atoms with E-state index in [4.69, 9.17) is 9.47 Å². The van der Waals surface area contributed by atoms with Crippen molar-refractivity contribution in [1.29, 1.82) is 0 Å². The highest BCUT2D eigenvalue weighted by atomic mass is 32.2. The van der Waals surface area contributed by atoms with Gasteiger partial charge in [0.2, 0.25) is 5.91 Å². The van der Waals surface area contributed by atoms with Crippen LogP contribution in [0.25, 0.3) is 0 Å². The summed E-state index contributed by atoms with van der Waals surface area (Å²) < 4.78 is 10.5. The van der Waals surface area contributed by atoms with Crippen LogP contribution in [0.3, 0.4) is 0 Å². The Hall–Kier alpha value is -3.00. The maximum Gasteiger partial charge on any atom is 0.408 e. The monoisotopic (exact) mass is 458 g/mol. The number of ether oxygens (including phenoxy) is 2. The van der Waals surface area contributed by atoms with Crippen LogP contribution >= 0.6 is 11.8 Å². The van der Waals surface area contributed by atoms with Crippen molar-refractivity contribution < 1.29 is 23.9 Å². The second-order valence-electron chi connectivity index (χ2n) is 8.24. The van der Waals surface area contributed by atoms with Crippen LogP contribution in [-0.2, 0) is 20.7 Å². The lowest BCUT2D eigenvalue weighted by atomic mass is 10.0. The Bertz CT molecular complexity index is 954. The number of anilines is 1. The molecule has 0 aliphatic heterocycles. The lowest BCUT2D eigenvalue weighted by molar-refractivity contribution is -0.120. The molecule has 0 fully saturated rings. The third-order valence-corrected chi connectivity index (χ3v) is 5.16. The molecule has 0 saturated heterocycles. The summed E-state index contributed by atoms with van der Waals surface area (Å²) in [7, 11) is 3.22. The minimum absolute atomic E-state index is 0.0269. The van der Waals surface area contributed by atoms with Gasteiger partial charge in [-0.25, -0.2) is 4.79 Å². The smallest absolute Gasteiger partial charge is 0.408 e. The van der Waals surface area contributed by atoms with Gasteiger partial charge >= 0.3 is 6.09 Å². The number of hydrogen-bond acceptors (Lipinski definition) is 6. The Balaban J connectivity index is 2.27. The Morgan fingerprint density at radius 2 is 1.75 bits per heavy atom. The lowest BCUT2D eigenvalue weighted by Gasteiger charge is -2.27. The van der Waals surface area contributed by atoms with Crippen molar-refractivity contribution in [3.8, 4) is 5.75 Å². The van der Waals surface area contributed by atoms with Gasteiger partial charge in [0.25, 0.3) is 0 Å². The molecule has 7 nitrogen and oxygen atoms in total. The number of carbonyl (C=O) groups is 3. The van der Waals surface area contributed by atoms with Crippen molar-refractivity contribution in [3.63, 3.8) is 0 Å². The van der Waals surface area contributed by atoms with Crippen LogP contribution < -0.4 is 15.0 Å². The van der Waals surface area contributed by atoms with Gasteiger partial charge in [0.1, 0.15) is 17.4 Å². The molecule has 2 aromatic rings. The summed E-state index contributed by atoms with van der Waals surface area (Å²) >= 11 is 1.12. The van der Waals surface area contributed by atoms with Crippen LogP contribution in [0, 0.1) is 0 Å². The molecular weight excluding hydrogens is 428 g/mol. The summed E-state index contributed by atoms with van der Waals surface area (Å²) in [5.74, 6) is 0.378. The van der Waals surface area contributed by atoms with Gasteiger partial charge in [-0.1, -0.05) is 23.9 Å². The zero-order chi connectivity index (χ0) is 23.9. The number of alkyl carbamates (subject to hydrolysis) is 1. The second kappa shape index (κ2) is 11.0. The number of hydrogen-bond donors (Lipinski definition) is 1. The summed E-state index contributed by atoms with van der Waals surface area (Å²) in [4.78, 5) is 39.5. The van der Waals surface area contributed by atoms with Crippen LogP contribution in [0.2, 0.25) is 0 Å². The fourth-order valence-electron chi connectivity index (χ4n) is 2.95. The van der Waals surface area contributed by atoms with E-state index < -0.39 is 17.7 Å². The molecular formula is C24H30N2O5S. The molecule has 0 aromatic heterocycles. The number of nitrogens with zero attached hydrogens (tertiary/aromatic N) is 1. The van der Waals surface area contributed by atoms with Gasteiger partial charge in [0.15, 0.2) is 5.12 Å². The first kappa shape index (κ1) is 25.3. The van der Waals surface area contributed by atoms with E-state index in [2.05, 4.69) is 5.32 Å². The van der Waals surface area contributed by atoms with Gasteiger partial charge in [-0.2, -0.15) is 0 Å². The number of likely N-dealkylation sites (N-methyl/N-ethyl adjacent to an activating group) is 1. The van der Waals surface area contributed by atoms with Crippen LogP contribution in [-0.4, -0.2) is 42.9 Å². The summed E-state index contributed by atoms with van der Waals surface area (Å²) in [5.41, 5.74) is 0.777. The standard InChI is InChI=1S/C24H30N2O5S/c1-16(27)32-20-9-7-8-17(14-20)15-21(25-23(29)31-24(2,3)4)22(28)26(5)18-10-12-19(30-6)13-11-18/h7-14,21H,15H2,1-6H3,(H,25,29). The molecule has 0 spiro atoms. The van der Waals surface area contributed by atoms with Crippen LogP contribution in [0.1, 0.15) is 33.3 Å². The molecule has 0 heterocycles. The highest BCUT2D eigenvalue weighted by Crippen LogP contribution is 2.22. The third kappa shape index (κ3) is 7.92. The quantitative estimate of drug-likeness (QED) is 0.618. The molecule has 172 valence electrons. The number of thioether (sulfide) groups is 1. The van der Waals surface area contributed by atoms with E-state index in [-0.39, 0.29) is 17.4 Å². The molecule has 1 N–H and O–H groups in total. The SMILES string of the molecule is COc1ccc(N(C)C(=O)C(Cc2cccc(SC(C)=O)c2)NC(=O)OC(C)(C)C)cc1. The molecule has 2 rings (SSSR count). The summed E-state index contributed by atoms with van der Waals surface area (Å²) in [6, 6.07) is 13.5. The van der Waals surface area contributed by atoms with Crippen LogP contribution in [0.4, 0.5) is 10.5 Å². The van der Waals surface area contributed by atoms with Crippen molar-refractivity contribution in [2.75, 3.05) is 19.1 Å². The molecule has 0 bridgehead atoms. The average molecular weight is 459 g/mol. The van der Waals surface area contributed by atoms with Crippen molar-refractivity contribution >= 4 is 34.6 Å². The van der Waals surface area contributed by atoms with Gasteiger partial charge in [-0.3, -0.25) is 9.59 Å². The van der Waals surface area contributed by atoms with Crippen molar-refractivity contribution in [3.05, 3.63) is 54.1 Å². The van der Waals surface area contributed by atoms with E-state index in [0.717, 1.165) is 22.2 Å². The predicted octanol–water partition coefficient (Wildman–Crippen LogP) is 4.43. The predicted molar refractivity (Wildman–Crippen MR) is 126 cm³/mol. The molecule has 0 aliphatic carbocycles. The number of nitrogens with one attached hydrogen (secondary N) is 1. The maximum absolute atomic E-state index is 13.3. The topological polar surface area (TPSA) is 84.9 Å². The molecule has 1 unspecified atom stereocenters. The van der Waals surface area contributed by atoms with Crippen molar-refractivity contribution in [2.45, 2.75) is 50.7 Å².